The molecule has 1 saturated heterocycles. The number of hydrogen-bond acceptors (Lipinski definition) is 5. The van der Waals surface area contributed by atoms with E-state index >= 15 is 0 Å². The van der Waals surface area contributed by atoms with Gasteiger partial charge >= 0.3 is 0 Å². The first-order chi connectivity index (χ1) is 9.61. The van der Waals surface area contributed by atoms with Crippen LogP contribution in [-0.4, -0.2) is 56.4 Å². The van der Waals surface area contributed by atoms with Crippen molar-refractivity contribution in [2.45, 2.75) is 31.6 Å². The summed E-state index contributed by atoms with van der Waals surface area (Å²) in [5.41, 5.74) is 0.997. The van der Waals surface area contributed by atoms with Crippen LogP contribution in [0.4, 0.5) is 0 Å². The van der Waals surface area contributed by atoms with Crippen molar-refractivity contribution in [3.8, 4) is 0 Å². The normalized spacial score (nSPS) is 19.0. The number of nitrogens with zero attached hydrogens (tertiary/aromatic N) is 2. The molecule has 1 fully saturated rings. The van der Waals surface area contributed by atoms with E-state index in [1.807, 2.05) is 0 Å². The number of aryl methyl sites for hydroxylation is 2. The summed E-state index contributed by atoms with van der Waals surface area (Å²) in [5, 5.41) is 6.62. The van der Waals surface area contributed by atoms with Gasteiger partial charge in [0.2, 0.25) is 10.0 Å². The molecule has 2 heterocycles. The van der Waals surface area contributed by atoms with Gasteiger partial charge in [-0.1, -0.05) is 0 Å². The third-order valence-electron chi connectivity index (χ3n) is 3.77. The number of nitrogens with one attached hydrogen (secondary N) is 1. The molecule has 9 heteroatoms. The lowest BCUT2D eigenvalue weighted by Crippen LogP contribution is -2.40. The highest BCUT2D eigenvalue weighted by Crippen LogP contribution is 2.27. The number of sulfonamides is 1. The number of sulfone groups is 1. The molecule has 0 amide bonds. The molecule has 7 nitrogen and oxygen atoms in total. The Bertz CT molecular complexity index is 694. The van der Waals surface area contributed by atoms with Gasteiger partial charge in [0.1, 0.15) is 14.7 Å². The lowest BCUT2D eigenvalue weighted by Gasteiger charge is -2.30. The van der Waals surface area contributed by atoms with E-state index in [0.29, 0.717) is 37.3 Å². The van der Waals surface area contributed by atoms with Gasteiger partial charge < -0.3 is 0 Å². The molecule has 0 aromatic carbocycles. The number of rotatable bonds is 4. The van der Waals surface area contributed by atoms with Crippen molar-refractivity contribution in [2.24, 2.45) is 5.92 Å². The molecule has 1 aliphatic heterocycles. The van der Waals surface area contributed by atoms with Gasteiger partial charge in [0.25, 0.3) is 0 Å². The van der Waals surface area contributed by atoms with E-state index in [9.17, 15) is 16.8 Å². The molecule has 120 valence electrons. The van der Waals surface area contributed by atoms with Crippen molar-refractivity contribution >= 4 is 19.9 Å². The molecule has 0 spiro atoms. The number of piperidine rings is 1. The van der Waals surface area contributed by atoms with E-state index in [2.05, 4.69) is 10.2 Å². The maximum absolute atomic E-state index is 12.6. The minimum atomic E-state index is -3.56. The predicted molar refractivity (Wildman–Crippen MR) is 79.3 cm³/mol. The monoisotopic (exact) mass is 335 g/mol. The zero-order valence-electron chi connectivity index (χ0n) is 12.5. The molecule has 2 rings (SSSR count). The van der Waals surface area contributed by atoms with E-state index in [0.717, 1.165) is 0 Å². The second-order valence-electron chi connectivity index (χ2n) is 5.70. The number of H-pyrrole nitrogens is 1. The lowest BCUT2D eigenvalue weighted by atomic mass is 10.0. The van der Waals surface area contributed by atoms with Crippen LogP contribution >= 0.6 is 0 Å². The van der Waals surface area contributed by atoms with Gasteiger partial charge in [-0.25, -0.2) is 16.8 Å². The first-order valence-corrected chi connectivity index (χ1v) is 10.3. The summed E-state index contributed by atoms with van der Waals surface area (Å²) in [6.45, 7) is 4.05. The minimum Gasteiger partial charge on any atom is -0.281 e. The van der Waals surface area contributed by atoms with Gasteiger partial charge in [-0.3, -0.25) is 5.10 Å². The molecule has 0 unspecified atom stereocenters. The van der Waals surface area contributed by atoms with E-state index in [1.165, 1.54) is 10.6 Å². The Hall–Kier alpha value is -0.930. The number of aromatic nitrogens is 2. The summed E-state index contributed by atoms with van der Waals surface area (Å²) >= 11 is 0. The van der Waals surface area contributed by atoms with Crippen molar-refractivity contribution in [3.05, 3.63) is 11.4 Å². The van der Waals surface area contributed by atoms with Gasteiger partial charge in [-0.15, -0.1) is 0 Å². The minimum absolute atomic E-state index is 0.0398. The summed E-state index contributed by atoms with van der Waals surface area (Å²) in [6.07, 6.45) is 2.36. The fraction of sp³-hybridized carbons (Fsp3) is 0.750. The van der Waals surface area contributed by atoms with E-state index in [1.54, 1.807) is 13.8 Å². The smallest absolute Gasteiger partial charge is 0.246 e. The van der Waals surface area contributed by atoms with Crippen LogP contribution < -0.4 is 0 Å². The molecule has 0 aliphatic carbocycles. The Morgan fingerprint density at radius 2 is 1.76 bits per heavy atom. The zero-order valence-corrected chi connectivity index (χ0v) is 14.1. The lowest BCUT2D eigenvalue weighted by molar-refractivity contribution is 0.289. The second-order valence-corrected chi connectivity index (χ2v) is 9.76. The third kappa shape index (κ3) is 3.64. The van der Waals surface area contributed by atoms with Crippen LogP contribution in [0.15, 0.2) is 4.90 Å². The average molecular weight is 335 g/mol. The molecule has 0 saturated carbocycles. The average Bonchev–Trinajstić information content (AvgIpc) is 2.68. The van der Waals surface area contributed by atoms with Crippen molar-refractivity contribution in [1.82, 2.24) is 14.5 Å². The quantitative estimate of drug-likeness (QED) is 0.862. The van der Waals surface area contributed by atoms with Gasteiger partial charge in [0.15, 0.2) is 0 Å². The van der Waals surface area contributed by atoms with Crippen molar-refractivity contribution in [1.29, 1.82) is 0 Å². The number of hydrogen-bond donors (Lipinski definition) is 1. The molecule has 0 radical (unpaired) electrons. The molecule has 1 aliphatic rings. The predicted octanol–water partition coefficient (Wildman–Crippen LogP) is 0.472. The van der Waals surface area contributed by atoms with Crippen LogP contribution in [0.25, 0.3) is 0 Å². The van der Waals surface area contributed by atoms with Gasteiger partial charge in [-0.05, 0) is 32.6 Å². The zero-order chi connectivity index (χ0) is 15.8. The third-order valence-corrected chi connectivity index (χ3v) is 7.01. The van der Waals surface area contributed by atoms with Crippen LogP contribution in [0.1, 0.15) is 24.2 Å². The van der Waals surface area contributed by atoms with Crippen LogP contribution in [-0.2, 0) is 19.9 Å². The maximum atomic E-state index is 12.6. The summed E-state index contributed by atoms with van der Waals surface area (Å²) < 4.78 is 49.3. The van der Waals surface area contributed by atoms with Crippen LogP contribution in [0.5, 0.6) is 0 Å². The highest BCUT2D eigenvalue weighted by Gasteiger charge is 2.33. The highest BCUT2D eigenvalue weighted by molar-refractivity contribution is 7.90. The molecule has 1 aromatic rings. The molecule has 1 aromatic heterocycles. The molecule has 21 heavy (non-hydrogen) atoms. The first kappa shape index (κ1) is 16.4. The Balaban J connectivity index is 2.12. The van der Waals surface area contributed by atoms with Crippen molar-refractivity contribution in [3.63, 3.8) is 0 Å². The molecule has 0 bridgehead atoms. The summed E-state index contributed by atoms with van der Waals surface area (Å²) in [4.78, 5) is 0.240. The number of aromatic amines is 1. The summed E-state index contributed by atoms with van der Waals surface area (Å²) in [7, 11) is -6.57. The molecular formula is C12H21N3O4S2. The van der Waals surface area contributed by atoms with Crippen molar-refractivity contribution < 1.29 is 16.8 Å². The fourth-order valence-electron chi connectivity index (χ4n) is 2.79. The van der Waals surface area contributed by atoms with Gasteiger partial charge in [-0.2, -0.15) is 9.40 Å². The van der Waals surface area contributed by atoms with E-state index in [-0.39, 0.29) is 16.6 Å². The van der Waals surface area contributed by atoms with Crippen molar-refractivity contribution in [2.75, 3.05) is 25.1 Å². The Kier molecular flexibility index (Phi) is 4.46. The fourth-order valence-corrected chi connectivity index (χ4v) is 5.79. The highest BCUT2D eigenvalue weighted by atomic mass is 32.2. The van der Waals surface area contributed by atoms with E-state index in [4.69, 9.17) is 0 Å². The molecule has 1 N–H and O–H groups in total. The largest absolute Gasteiger partial charge is 0.281 e. The van der Waals surface area contributed by atoms with Crippen LogP contribution in [0, 0.1) is 19.8 Å². The van der Waals surface area contributed by atoms with Gasteiger partial charge in [0.05, 0.1) is 17.1 Å². The molecular weight excluding hydrogens is 314 g/mol. The summed E-state index contributed by atoms with van der Waals surface area (Å²) in [6, 6.07) is 0. The Morgan fingerprint density at radius 3 is 2.19 bits per heavy atom. The molecule has 0 atom stereocenters. The topological polar surface area (TPSA) is 100 Å². The van der Waals surface area contributed by atoms with Crippen LogP contribution in [0.3, 0.4) is 0 Å². The summed E-state index contributed by atoms with van der Waals surface area (Å²) in [5.74, 6) is 0.169. The first-order valence-electron chi connectivity index (χ1n) is 6.80. The SMILES string of the molecule is Cc1n[nH]c(C)c1S(=O)(=O)N1CCC(CS(C)(=O)=O)CC1. The maximum Gasteiger partial charge on any atom is 0.246 e. The Morgan fingerprint density at radius 1 is 1.19 bits per heavy atom. The Labute approximate surface area is 125 Å². The van der Waals surface area contributed by atoms with Gasteiger partial charge in [0, 0.05) is 19.3 Å². The van der Waals surface area contributed by atoms with E-state index < -0.39 is 19.9 Å². The second kappa shape index (κ2) is 5.69. The van der Waals surface area contributed by atoms with Crippen LogP contribution in [0.2, 0.25) is 0 Å². The standard InChI is InChI=1S/C12H21N3O4S2/c1-9-12(10(2)14-13-9)21(18,19)15-6-4-11(5-7-15)8-20(3,16)17/h11H,4-8H2,1-3H3,(H,13,14).